The zero-order chi connectivity index (χ0) is 12.8. The van der Waals surface area contributed by atoms with Crippen molar-refractivity contribution in [2.45, 2.75) is 19.4 Å². The van der Waals surface area contributed by atoms with Crippen LogP contribution in [-0.4, -0.2) is 40.9 Å². The highest BCUT2D eigenvalue weighted by Crippen LogP contribution is 2.12. The fourth-order valence-corrected chi connectivity index (χ4v) is 2.45. The van der Waals surface area contributed by atoms with Crippen LogP contribution >= 0.6 is 11.8 Å². The summed E-state index contributed by atoms with van der Waals surface area (Å²) in [6, 6.07) is 3.53. The van der Waals surface area contributed by atoms with Crippen molar-refractivity contribution >= 4 is 23.4 Å². The van der Waals surface area contributed by atoms with Crippen molar-refractivity contribution in [3.05, 3.63) is 24.0 Å². The molecule has 94 valence electrons. The first-order valence-corrected chi connectivity index (χ1v) is 6.97. The fourth-order valence-electron chi connectivity index (χ4n) is 1.61. The molecule has 0 aliphatic heterocycles. The molecule has 1 rings (SSSR count). The van der Waals surface area contributed by atoms with Crippen molar-refractivity contribution in [2.75, 3.05) is 24.8 Å². The number of hydrogen-bond acceptors (Lipinski definition) is 4. The molecule has 0 aliphatic rings. The highest BCUT2D eigenvalue weighted by molar-refractivity contribution is 7.98. The number of nitrogens with two attached hydrogens (primary N) is 1. The van der Waals surface area contributed by atoms with Crippen LogP contribution in [0.4, 0.5) is 5.69 Å². The number of nitrogen functional groups attached to an aromatic ring is 1. The van der Waals surface area contributed by atoms with Gasteiger partial charge in [0.1, 0.15) is 5.69 Å². The summed E-state index contributed by atoms with van der Waals surface area (Å²) in [6.45, 7) is 2.08. The van der Waals surface area contributed by atoms with E-state index < -0.39 is 0 Å². The van der Waals surface area contributed by atoms with Crippen molar-refractivity contribution in [2.24, 2.45) is 0 Å². The Hall–Kier alpha value is -1.23. The highest BCUT2D eigenvalue weighted by atomic mass is 32.2. The van der Waals surface area contributed by atoms with Crippen molar-refractivity contribution in [1.29, 1.82) is 0 Å². The zero-order valence-corrected chi connectivity index (χ0v) is 11.3. The zero-order valence-electron chi connectivity index (χ0n) is 10.5. The summed E-state index contributed by atoms with van der Waals surface area (Å²) in [5.74, 6) is 0.860. The molecule has 0 aromatic carbocycles. The minimum absolute atomic E-state index is 0.0711. The molecule has 1 unspecified atom stereocenters. The maximum Gasteiger partial charge on any atom is 0.272 e. The average Bonchev–Trinajstić information content (AvgIpc) is 2.34. The SMILES string of the molecule is CCC(CSC)N(C)C(=O)c1cc(N)ccn1. The summed E-state index contributed by atoms with van der Waals surface area (Å²) >= 11 is 1.74. The van der Waals surface area contributed by atoms with Gasteiger partial charge in [-0.2, -0.15) is 11.8 Å². The van der Waals surface area contributed by atoms with Gasteiger partial charge in [0.2, 0.25) is 0 Å². The summed E-state index contributed by atoms with van der Waals surface area (Å²) in [6.07, 6.45) is 4.54. The highest BCUT2D eigenvalue weighted by Gasteiger charge is 2.20. The van der Waals surface area contributed by atoms with Gasteiger partial charge < -0.3 is 10.6 Å². The maximum atomic E-state index is 12.2. The van der Waals surface area contributed by atoms with Crippen LogP contribution in [0.15, 0.2) is 18.3 Å². The summed E-state index contributed by atoms with van der Waals surface area (Å²) in [4.78, 5) is 18.0. The van der Waals surface area contributed by atoms with Gasteiger partial charge in [0.25, 0.3) is 5.91 Å². The first-order chi connectivity index (χ1) is 8.10. The topological polar surface area (TPSA) is 59.2 Å². The second-order valence-corrected chi connectivity index (χ2v) is 4.82. The largest absolute Gasteiger partial charge is 0.399 e. The molecule has 0 spiro atoms. The molecule has 2 N–H and O–H groups in total. The van der Waals surface area contributed by atoms with Gasteiger partial charge in [-0.15, -0.1) is 0 Å². The molecule has 4 nitrogen and oxygen atoms in total. The number of hydrogen-bond donors (Lipinski definition) is 1. The third-order valence-electron chi connectivity index (χ3n) is 2.70. The van der Waals surface area contributed by atoms with Gasteiger partial charge in [-0.3, -0.25) is 9.78 Å². The van der Waals surface area contributed by atoms with E-state index in [0.717, 1.165) is 12.2 Å². The van der Waals surface area contributed by atoms with E-state index in [1.165, 1.54) is 0 Å². The van der Waals surface area contributed by atoms with E-state index >= 15 is 0 Å². The molecule has 17 heavy (non-hydrogen) atoms. The second kappa shape index (κ2) is 6.49. The lowest BCUT2D eigenvalue weighted by molar-refractivity contribution is 0.0738. The van der Waals surface area contributed by atoms with Crippen molar-refractivity contribution in [3.8, 4) is 0 Å². The number of rotatable bonds is 5. The second-order valence-electron chi connectivity index (χ2n) is 3.91. The molecule has 1 aromatic rings. The van der Waals surface area contributed by atoms with E-state index in [4.69, 9.17) is 5.73 Å². The summed E-state index contributed by atoms with van der Waals surface area (Å²) < 4.78 is 0. The summed E-state index contributed by atoms with van der Waals surface area (Å²) in [7, 11) is 1.82. The molecule has 0 fully saturated rings. The van der Waals surface area contributed by atoms with Gasteiger partial charge in [-0.25, -0.2) is 0 Å². The van der Waals surface area contributed by atoms with Crippen molar-refractivity contribution in [1.82, 2.24) is 9.88 Å². The molecule has 1 amide bonds. The first kappa shape index (κ1) is 13.8. The van der Waals surface area contributed by atoms with E-state index in [2.05, 4.69) is 11.9 Å². The molecule has 0 bridgehead atoms. The first-order valence-electron chi connectivity index (χ1n) is 5.57. The predicted molar refractivity (Wildman–Crippen MR) is 73.2 cm³/mol. The van der Waals surface area contributed by atoms with Gasteiger partial charge >= 0.3 is 0 Å². The number of thioether (sulfide) groups is 1. The summed E-state index contributed by atoms with van der Waals surface area (Å²) in [5, 5.41) is 0. The third kappa shape index (κ3) is 3.63. The quantitative estimate of drug-likeness (QED) is 0.870. The van der Waals surface area contributed by atoms with Crippen molar-refractivity contribution in [3.63, 3.8) is 0 Å². The molecule has 0 saturated heterocycles. The van der Waals surface area contributed by atoms with Gasteiger partial charge in [-0.05, 0) is 24.8 Å². The lowest BCUT2D eigenvalue weighted by Gasteiger charge is -2.26. The Labute approximate surface area is 107 Å². The Bertz CT molecular complexity index is 384. The number of carbonyl (C=O) groups is 1. The molecule has 0 aliphatic carbocycles. The normalized spacial score (nSPS) is 12.2. The molecule has 0 radical (unpaired) electrons. The van der Waals surface area contributed by atoms with Gasteiger partial charge in [0.05, 0.1) is 0 Å². The molecule has 0 saturated carbocycles. The van der Waals surface area contributed by atoms with Gasteiger partial charge in [0.15, 0.2) is 0 Å². The van der Waals surface area contributed by atoms with E-state index in [1.54, 1.807) is 35.0 Å². The molecule has 5 heteroatoms. The van der Waals surface area contributed by atoms with Crippen LogP contribution in [0.5, 0.6) is 0 Å². The number of nitrogens with zero attached hydrogens (tertiary/aromatic N) is 2. The number of pyridine rings is 1. The Morgan fingerprint density at radius 2 is 2.35 bits per heavy atom. The van der Waals surface area contributed by atoms with Crippen molar-refractivity contribution < 1.29 is 4.79 Å². The summed E-state index contributed by atoms with van der Waals surface area (Å²) in [5.41, 5.74) is 6.62. The molecular formula is C12H19N3OS. The number of aromatic nitrogens is 1. The minimum atomic E-state index is -0.0711. The molecule has 1 aromatic heterocycles. The molecule has 1 atom stereocenters. The molecular weight excluding hydrogens is 234 g/mol. The predicted octanol–water partition coefficient (Wildman–Crippen LogP) is 1.88. The monoisotopic (exact) mass is 253 g/mol. The van der Waals surface area contributed by atoms with E-state index in [9.17, 15) is 4.79 Å². The van der Waals surface area contributed by atoms with Crippen LogP contribution in [-0.2, 0) is 0 Å². The van der Waals surface area contributed by atoms with Crippen LogP contribution in [0.2, 0.25) is 0 Å². The van der Waals surface area contributed by atoms with Crippen LogP contribution in [0.1, 0.15) is 23.8 Å². The fraction of sp³-hybridized carbons (Fsp3) is 0.500. The standard InChI is InChI=1S/C12H19N3OS/c1-4-10(8-17-3)15(2)12(16)11-7-9(13)5-6-14-11/h5-7,10H,4,8H2,1-3H3,(H2,13,14). The van der Waals surface area contributed by atoms with E-state index in [-0.39, 0.29) is 11.9 Å². The van der Waals surface area contributed by atoms with E-state index in [0.29, 0.717) is 11.4 Å². The smallest absolute Gasteiger partial charge is 0.272 e. The van der Waals surface area contributed by atoms with Crippen LogP contribution < -0.4 is 5.73 Å². The Balaban J connectivity index is 2.81. The number of carbonyl (C=O) groups excluding carboxylic acids is 1. The van der Waals surface area contributed by atoms with Gasteiger partial charge in [0, 0.05) is 30.7 Å². The lowest BCUT2D eigenvalue weighted by Crippen LogP contribution is -2.38. The Morgan fingerprint density at radius 1 is 1.65 bits per heavy atom. The van der Waals surface area contributed by atoms with E-state index in [1.807, 2.05) is 13.3 Å². The number of anilines is 1. The maximum absolute atomic E-state index is 12.2. The Kier molecular flexibility index (Phi) is 5.28. The van der Waals surface area contributed by atoms with Crippen LogP contribution in [0, 0.1) is 0 Å². The van der Waals surface area contributed by atoms with Gasteiger partial charge in [-0.1, -0.05) is 6.92 Å². The third-order valence-corrected chi connectivity index (χ3v) is 3.42. The Morgan fingerprint density at radius 3 is 2.88 bits per heavy atom. The molecule has 1 heterocycles. The van der Waals surface area contributed by atoms with Crippen LogP contribution in [0.3, 0.4) is 0 Å². The number of amides is 1. The lowest BCUT2D eigenvalue weighted by atomic mass is 10.2. The minimum Gasteiger partial charge on any atom is -0.399 e. The van der Waals surface area contributed by atoms with Crippen LogP contribution in [0.25, 0.3) is 0 Å². The average molecular weight is 253 g/mol.